The molecule has 1 amide bonds. The van der Waals surface area contributed by atoms with Gasteiger partial charge in [0, 0.05) is 72.8 Å². The molecule has 2 rings (SSSR count). The predicted octanol–water partition coefficient (Wildman–Crippen LogP) is 1.64. The molecule has 2 heterocycles. The maximum absolute atomic E-state index is 11.4. The molecule has 160 valence electrons. The topological polar surface area (TPSA) is 73.3 Å². The summed E-state index contributed by atoms with van der Waals surface area (Å²) in [5, 5.41) is 6.48. The molecule has 10 heteroatoms. The van der Waals surface area contributed by atoms with Gasteiger partial charge in [-0.3, -0.25) is 14.7 Å². The van der Waals surface area contributed by atoms with Gasteiger partial charge in [-0.25, -0.2) is 4.98 Å². The Balaban J connectivity index is 0.00000392. The van der Waals surface area contributed by atoms with Crippen LogP contribution in [-0.2, 0) is 16.1 Å². The lowest BCUT2D eigenvalue weighted by Gasteiger charge is -2.34. The second kappa shape index (κ2) is 12.6. The Hall–Kier alpha value is -0.980. The average Bonchev–Trinajstić information content (AvgIpc) is 3.13. The van der Waals surface area contributed by atoms with E-state index in [1.165, 1.54) is 0 Å². The SMILES string of the molecule is CN=C(NCCN1CCN(C(C)=O)CC1)N(C)Cc1csc(C(C)OC)n1.I. The Kier molecular flexibility index (Phi) is 11.2. The molecule has 1 unspecified atom stereocenters. The molecule has 0 aliphatic carbocycles. The zero-order valence-corrected chi connectivity index (χ0v) is 20.6. The van der Waals surface area contributed by atoms with Gasteiger partial charge < -0.3 is 19.9 Å². The molecule has 8 nitrogen and oxygen atoms in total. The molecule has 0 saturated carbocycles. The van der Waals surface area contributed by atoms with Crippen molar-refractivity contribution in [1.29, 1.82) is 0 Å². The van der Waals surface area contributed by atoms with E-state index in [2.05, 4.69) is 30.5 Å². The number of aliphatic imine (C=N–C) groups is 1. The quantitative estimate of drug-likeness (QED) is 0.332. The standard InChI is InChI=1S/C18H32N6O2S.HI/c1-14(26-5)17-21-16(13-27-17)12-22(4)18(19-3)20-6-7-23-8-10-24(11-9-23)15(2)25;/h13-14H,6-12H2,1-5H3,(H,19,20);1H. The largest absolute Gasteiger partial charge is 0.375 e. The van der Waals surface area contributed by atoms with Crippen LogP contribution in [0, 0.1) is 0 Å². The third-order valence-electron chi connectivity index (χ3n) is 4.77. The van der Waals surface area contributed by atoms with E-state index in [0.29, 0.717) is 6.54 Å². The van der Waals surface area contributed by atoms with Crippen LogP contribution in [0.1, 0.15) is 30.7 Å². The van der Waals surface area contributed by atoms with Gasteiger partial charge in [0.2, 0.25) is 5.91 Å². The van der Waals surface area contributed by atoms with Gasteiger partial charge in [0.1, 0.15) is 11.1 Å². The highest BCUT2D eigenvalue weighted by Crippen LogP contribution is 2.20. The van der Waals surface area contributed by atoms with Crippen molar-refractivity contribution in [2.24, 2.45) is 4.99 Å². The molecular formula is C18H33IN6O2S. The molecule has 0 radical (unpaired) electrons. The van der Waals surface area contributed by atoms with E-state index in [1.807, 2.05) is 18.9 Å². The number of carbonyl (C=O) groups is 1. The van der Waals surface area contributed by atoms with Crippen molar-refractivity contribution in [2.45, 2.75) is 26.5 Å². The molecule has 0 spiro atoms. The first kappa shape index (κ1) is 25.1. The van der Waals surface area contributed by atoms with Gasteiger partial charge in [-0.15, -0.1) is 35.3 Å². The number of nitrogens with zero attached hydrogens (tertiary/aromatic N) is 5. The fourth-order valence-corrected chi connectivity index (χ4v) is 3.84. The summed E-state index contributed by atoms with van der Waals surface area (Å²) in [4.78, 5) is 26.8. The summed E-state index contributed by atoms with van der Waals surface area (Å²) >= 11 is 1.62. The number of aromatic nitrogens is 1. The highest BCUT2D eigenvalue weighted by atomic mass is 127. The minimum Gasteiger partial charge on any atom is -0.375 e. The summed E-state index contributed by atoms with van der Waals surface area (Å²) in [5.41, 5.74) is 1.02. The molecular weight excluding hydrogens is 491 g/mol. The number of hydrogen-bond donors (Lipinski definition) is 1. The van der Waals surface area contributed by atoms with Crippen LogP contribution < -0.4 is 5.32 Å². The van der Waals surface area contributed by atoms with Crippen molar-refractivity contribution in [3.63, 3.8) is 0 Å². The van der Waals surface area contributed by atoms with E-state index >= 15 is 0 Å². The van der Waals surface area contributed by atoms with Gasteiger partial charge in [0.15, 0.2) is 5.96 Å². The highest BCUT2D eigenvalue weighted by Gasteiger charge is 2.18. The molecule has 1 aromatic rings. The number of nitrogens with one attached hydrogen (secondary N) is 1. The minimum atomic E-state index is 0. The monoisotopic (exact) mass is 524 g/mol. The van der Waals surface area contributed by atoms with Crippen molar-refractivity contribution >= 4 is 47.2 Å². The number of hydrogen-bond acceptors (Lipinski definition) is 6. The Morgan fingerprint density at radius 1 is 1.43 bits per heavy atom. The van der Waals surface area contributed by atoms with Crippen LogP contribution in [0.5, 0.6) is 0 Å². The number of rotatable bonds is 7. The summed E-state index contributed by atoms with van der Waals surface area (Å²) < 4.78 is 5.33. The summed E-state index contributed by atoms with van der Waals surface area (Å²) in [6.45, 7) is 9.58. The van der Waals surface area contributed by atoms with Crippen LogP contribution in [0.2, 0.25) is 0 Å². The maximum Gasteiger partial charge on any atom is 0.219 e. The number of ether oxygens (including phenoxy) is 1. The van der Waals surface area contributed by atoms with Crippen molar-refractivity contribution in [2.75, 3.05) is 60.5 Å². The first-order chi connectivity index (χ1) is 12.9. The van der Waals surface area contributed by atoms with Gasteiger partial charge in [0.25, 0.3) is 0 Å². The van der Waals surface area contributed by atoms with Gasteiger partial charge >= 0.3 is 0 Å². The highest BCUT2D eigenvalue weighted by molar-refractivity contribution is 14.0. The number of amides is 1. The van der Waals surface area contributed by atoms with E-state index in [1.54, 1.807) is 32.4 Å². The van der Waals surface area contributed by atoms with Gasteiger partial charge in [-0.2, -0.15) is 0 Å². The van der Waals surface area contributed by atoms with E-state index in [0.717, 1.165) is 55.9 Å². The van der Waals surface area contributed by atoms with Crippen molar-refractivity contribution < 1.29 is 9.53 Å². The molecule has 28 heavy (non-hydrogen) atoms. The first-order valence-corrected chi connectivity index (χ1v) is 10.2. The van der Waals surface area contributed by atoms with Crippen LogP contribution >= 0.6 is 35.3 Å². The normalized spacial score (nSPS) is 16.5. The summed E-state index contributed by atoms with van der Waals surface area (Å²) in [7, 11) is 5.51. The Bertz CT molecular complexity index is 633. The van der Waals surface area contributed by atoms with Crippen LogP contribution in [0.25, 0.3) is 0 Å². The smallest absolute Gasteiger partial charge is 0.219 e. The number of guanidine groups is 1. The average molecular weight is 524 g/mol. The Morgan fingerprint density at radius 2 is 2.11 bits per heavy atom. The van der Waals surface area contributed by atoms with Crippen molar-refractivity contribution in [3.8, 4) is 0 Å². The van der Waals surface area contributed by atoms with Crippen molar-refractivity contribution in [3.05, 3.63) is 16.1 Å². The maximum atomic E-state index is 11.4. The lowest BCUT2D eigenvalue weighted by Crippen LogP contribution is -2.50. The minimum absolute atomic E-state index is 0. The van der Waals surface area contributed by atoms with E-state index in [-0.39, 0.29) is 36.0 Å². The molecule has 1 saturated heterocycles. The van der Waals surface area contributed by atoms with E-state index in [9.17, 15) is 4.79 Å². The fourth-order valence-electron chi connectivity index (χ4n) is 3.00. The molecule has 0 aromatic carbocycles. The molecule has 1 aromatic heterocycles. The second-order valence-corrected chi connectivity index (χ2v) is 7.62. The molecule has 0 bridgehead atoms. The van der Waals surface area contributed by atoms with Crippen molar-refractivity contribution in [1.82, 2.24) is 25.0 Å². The van der Waals surface area contributed by atoms with E-state index < -0.39 is 0 Å². The Labute approximate surface area is 189 Å². The van der Waals surface area contributed by atoms with Gasteiger partial charge in [-0.1, -0.05) is 0 Å². The number of carbonyl (C=O) groups excluding carboxylic acids is 1. The molecule has 1 fully saturated rings. The summed E-state index contributed by atoms with van der Waals surface area (Å²) in [5.74, 6) is 1.02. The molecule has 1 atom stereocenters. The summed E-state index contributed by atoms with van der Waals surface area (Å²) in [6, 6.07) is 0. The van der Waals surface area contributed by atoms with Gasteiger partial charge in [0.05, 0.1) is 12.2 Å². The lowest BCUT2D eigenvalue weighted by atomic mass is 10.3. The number of piperazine rings is 1. The number of methoxy groups -OCH3 is 1. The zero-order valence-electron chi connectivity index (χ0n) is 17.5. The lowest BCUT2D eigenvalue weighted by molar-refractivity contribution is -0.130. The number of thiazole rings is 1. The van der Waals surface area contributed by atoms with Crippen LogP contribution in [-0.4, -0.2) is 92.0 Å². The zero-order chi connectivity index (χ0) is 19.8. The number of halogens is 1. The van der Waals surface area contributed by atoms with Gasteiger partial charge in [-0.05, 0) is 6.92 Å². The predicted molar refractivity (Wildman–Crippen MR) is 124 cm³/mol. The van der Waals surface area contributed by atoms with Crippen LogP contribution in [0.4, 0.5) is 0 Å². The third-order valence-corrected chi connectivity index (χ3v) is 5.83. The fraction of sp³-hybridized carbons (Fsp3) is 0.722. The molecule has 1 aliphatic rings. The second-order valence-electron chi connectivity index (χ2n) is 6.73. The molecule has 1 aliphatic heterocycles. The molecule has 1 N–H and O–H groups in total. The first-order valence-electron chi connectivity index (χ1n) is 9.31. The Morgan fingerprint density at radius 3 is 2.68 bits per heavy atom. The summed E-state index contributed by atoms with van der Waals surface area (Å²) in [6.07, 6.45) is 0.0231. The van der Waals surface area contributed by atoms with E-state index in [4.69, 9.17) is 4.74 Å². The van der Waals surface area contributed by atoms with Crippen LogP contribution in [0.15, 0.2) is 10.4 Å². The van der Waals surface area contributed by atoms with Crippen LogP contribution in [0.3, 0.4) is 0 Å². The third kappa shape index (κ3) is 7.45.